The molecule has 0 bridgehead atoms. The molecule has 10 heteroatoms. The summed E-state index contributed by atoms with van der Waals surface area (Å²) < 4.78 is 46.2. The fraction of sp³-hybridized carbons (Fsp3) is 0.0400. The Morgan fingerprint density at radius 3 is 2.60 bits per heavy atom. The van der Waals surface area contributed by atoms with Crippen LogP contribution in [-0.2, 0) is 20.2 Å². The van der Waals surface area contributed by atoms with E-state index in [2.05, 4.69) is 14.6 Å². The standard InChI is InChI=1S/C25H20F2N4O3S/c1-14(16-7-6-15-10-11-30-24(28)19(15)12-16)23(27)25(32)31-21-9-8-17(13-20(21)26)18-4-2-3-5-22(18)35(33)34-29/h2-13H,29H2,1H3,(H2,28,30)(H,31,32). The lowest BCUT2D eigenvalue weighted by Crippen LogP contribution is -2.14. The highest BCUT2D eigenvalue weighted by molar-refractivity contribution is 7.80. The van der Waals surface area contributed by atoms with Crippen molar-refractivity contribution in [1.29, 1.82) is 0 Å². The maximum Gasteiger partial charge on any atom is 0.284 e. The van der Waals surface area contributed by atoms with E-state index in [0.717, 1.165) is 11.5 Å². The number of nitrogens with two attached hydrogens (primary N) is 2. The molecule has 3 aromatic carbocycles. The molecular weight excluding hydrogens is 474 g/mol. The second kappa shape index (κ2) is 10.1. The zero-order chi connectivity index (χ0) is 25.1. The highest BCUT2D eigenvalue weighted by atomic mass is 32.2. The first-order chi connectivity index (χ1) is 16.8. The van der Waals surface area contributed by atoms with Crippen LogP contribution in [0.15, 0.2) is 83.6 Å². The Kier molecular flexibility index (Phi) is 6.97. The molecule has 4 rings (SSSR count). The van der Waals surface area contributed by atoms with Crippen LogP contribution < -0.4 is 16.9 Å². The van der Waals surface area contributed by atoms with Gasteiger partial charge >= 0.3 is 0 Å². The van der Waals surface area contributed by atoms with Crippen LogP contribution in [0, 0.1) is 5.82 Å². The number of hydrogen-bond acceptors (Lipinski definition) is 6. The number of pyridine rings is 1. The van der Waals surface area contributed by atoms with Crippen LogP contribution in [0.2, 0.25) is 0 Å². The number of fused-ring (bicyclic) bond motifs is 1. The average Bonchev–Trinajstić information content (AvgIpc) is 2.88. The zero-order valence-electron chi connectivity index (χ0n) is 18.4. The molecule has 0 aliphatic heterocycles. The van der Waals surface area contributed by atoms with Crippen molar-refractivity contribution in [3.63, 3.8) is 0 Å². The van der Waals surface area contributed by atoms with Gasteiger partial charge in [0.25, 0.3) is 5.91 Å². The maximum absolute atomic E-state index is 15.0. The first-order valence-electron chi connectivity index (χ1n) is 10.3. The molecule has 0 saturated heterocycles. The van der Waals surface area contributed by atoms with Crippen molar-refractivity contribution >= 4 is 44.8 Å². The fourth-order valence-electron chi connectivity index (χ4n) is 3.58. The lowest BCUT2D eigenvalue weighted by Gasteiger charge is -2.11. The minimum absolute atomic E-state index is 0.0582. The first kappa shape index (κ1) is 24.1. The van der Waals surface area contributed by atoms with Crippen molar-refractivity contribution in [1.82, 2.24) is 4.98 Å². The van der Waals surface area contributed by atoms with Crippen molar-refractivity contribution in [3.8, 4) is 11.1 Å². The summed E-state index contributed by atoms with van der Waals surface area (Å²) in [5.74, 6) is 2.32. The summed E-state index contributed by atoms with van der Waals surface area (Å²) in [5.41, 5.74) is 6.97. The molecule has 1 heterocycles. The smallest absolute Gasteiger partial charge is 0.284 e. The van der Waals surface area contributed by atoms with Crippen molar-refractivity contribution in [2.75, 3.05) is 11.1 Å². The third-order valence-electron chi connectivity index (χ3n) is 5.44. The number of carbonyl (C=O) groups excluding carboxylic acids is 1. The number of allylic oxidation sites excluding steroid dienone is 1. The second-order valence-corrected chi connectivity index (χ2v) is 8.65. The molecule has 0 fully saturated rings. The van der Waals surface area contributed by atoms with Crippen LogP contribution in [0.5, 0.6) is 0 Å². The molecule has 1 aromatic heterocycles. The summed E-state index contributed by atoms with van der Waals surface area (Å²) in [6.07, 6.45) is 1.57. The first-order valence-corrected chi connectivity index (χ1v) is 11.4. The van der Waals surface area contributed by atoms with Crippen molar-refractivity contribution < 1.29 is 22.1 Å². The molecule has 0 spiro atoms. The molecule has 0 saturated carbocycles. The third-order valence-corrected chi connectivity index (χ3v) is 6.33. The Hall–Kier alpha value is -3.99. The minimum atomic E-state index is -1.95. The van der Waals surface area contributed by atoms with E-state index in [-0.39, 0.29) is 22.0 Å². The molecule has 35 heavy (non-hydrogen) atoms. The van der Waals surface area contributed by atoms with Gasteiger partial charge in [0.2, 0.25) is 11.1 Å². The molecule has 7 nitrogen and oxygen atoms in total. The van der Waals surface area contributed by atoms with Crippen LogP contribution >= 0.6 is 0 Å². The number of hydrogen-bond donors (Lipinski definition) is 3. The number of aromatic nitrogens is 1. The molecule has 0 radical (unpaired) electrons. The van der Waals surface area contributed by atoms with Crippen molar-refractivity contribution in [2.45, 2.75) is 11.8 Å². The molecule has 4 aromatic rings. The third kappa shape index (κ3) is 4.94. The number of nitrogen functional groups attached to an aromatic ring is 1. The quantitative estimate of drug-likeness (QED) is 0.260. The monoisotopic (exact) mass is 494 g/mol. The molecular formula is C25H20F2N4O3S. The molecule has 178 valence electrons. The number of rotatable bonds is 6. The Morgan fingerprint density at radius 2 is 1.86 bits per heavy atom. The Balaban J connectivity index is 1.60. The number of nitrogens with one attached hydrogen (secondary N) is 1. The normalized spacial score (nSPS) is 12.8. The molecule has 5 N–H and O–H groups in total. The predicted molar refractivity (Wildman–Crippen MR) is 132 cm³/mol. The van der Waals surface area contributed by atoms with Gasteiger partial charge in [0.1, 0.15) is 11.6 Å². The largest absolute Gasteiger partial charge is 0.383 e. The Morgan fingerprint density at radius 1 is 1.09 bits per heavy atom. The molecule has 0 aliphatic rings. The minimum Gasteiger partial charge on any atom is -0.383 e. The van der Waals surface area contributed by atoms with E-state index in [1.165, 1.54) is 25.1 Å². The van der Waals surface area contributed by atoms with Crippen LogP contribution in [0.3, 0.4) is 0 Å². The predicted octanol–water partition coefficient (Wildman–Crippen LogP) is 4.88. The highest BCUT2D eigenvalue weighted by Crippen LogP contribution is 2.30. The number of halogens is 2. The lowest BCUT2D eigenvalue weighted by atomic mass is 10.0. The summed E-state index contributed by atoms with van der Waals surface area (Å²) in [4.78, 5) is 16.8. The van der Waals surface area contributed by atoms with Gasteiger partial charge in [-0.3, -0.25) is 4.79 Å². The average molecular weight is 495 g/mol. The van der Waals surface area contributed by atoms with Crippen LogP contribution in [0.4, 0.5) is 20.3 Å². The Bertz CT molecular complexity index is 1510. The zero-order valence-corrected chi connectivity index (χ0v) is 19.2. The van der Waals surface area contributed by atoms with Gasteiger partial charge in [0, 0.05) is 17.1 Å². The van der Waals surface area contributed by atoms with Gasteiger partial charge in [-0.05, 0) is 59.3 Å². The summed E-state index contributed by atoms with van der Waals surface area (Å²) in [5, 5.41) is 3.70. The van der Waals surface area contributed by atoms with E-state index in [1.807, 2.05) is 0 Å². The van der Waals surface area contributed by atoms with Crippen LogP contribution in [-0.4, -0.2) is 15.1 Å². The van der Waals surface area contributed by atoms with Crippen LogP contribution in [0.1, 0.15) is 12.5 Å². The number of carbonyl (C=O) groups is 1. The van der Waals surface area contributed by atoms with Crippen molar-refractivity contribution in [3.05, 3.63) is 90.1 Å². The summed E-state index contributed by atoms with van der Waals surface area (Å²) in [6.45, 7) is 1.44. The molecule has 1 unspecified atom stereocenters. The second-order valence-electron chi connectivity index (χ2n) is 7.55. The molecule has 0 aliphatic carbocycles. The van der Waals surface area contributed by atoms with E-state index in [1.54, 1.807) is 48.7 Å². The summed E-state index contributed by atoms with van der Waals surface area (Å²) in [7, 11) is 0. The van der Waals surface area contributed by atoms with Gasteiger partial charge in [0.05, 0.1) is 10.6 Å². The number of anilines is 2. The van der Waals surface area contributed by atoms with Gasteiger partial charge in [-0.15, -0.1) is 0 Å². The Labute approximate surface area is 202 Å². The molecule has 1 atom stereocenters. The van der Waals surface area contributed by atoms with E-state index in [4.69, 9.17) is 11.6 Å². The van der Waals surface area contributed by atoms with E-state index in [0.29, 0.717) is 22.1 Å². The van der Waals surface area contributed by atoms with Crippen molar-refractivity contribution in [2.24, 2.45) is 5.90 Å². The van der Waals surface area contributed by atoms with Gasteiger partial charge in [-0.25, -0.2) is 18.0 Å². The van der Waals surface area contributed by atoms with Gasteiger partial charge in [0.15, 0.2) is 5.83 Å². The van der Waals surface area contributed by atoms with Gasteiger partial charge < -0.3 is 11.1 Å². The highest BCUT2D eigenvalue weighted by Gasteiger charge is 2.18. The number of nitrogens with zero attached hydrogens (tertiary/aromatic N) is 1. The summed E-state index contributed by atoms with van der Waals surface area (Å²) >= 11 is -1.95. The lowest BCUT2D eigenvalue weighted by molar-refractivity contribution is -0.114. The van der Waals surface area contributed by atoms with E-state index < -0.39 is 28.6 Å². The topological polar surface area (TPSA) is 120 Å². The number of amides is 1. The molecule has 1 amide bonds. The van der Waals surface area contributed by atoms with E-state index in [9.17, 15) is 17.8 Å². The van der Waals surface area contributed by atoms with E-state index >= 15 is 0 Å². The SMILES string of the molecule is CC(=C(F)C(=O)Nc1ccc(-c2ccccc2S(=O)ON)cc1F)c1ccc2ccnc(N)c2c1. The summed E-state index contributed by atoms with van der Waals surface area (Å²) in [6, 6.07) is 17.2. The maximum atomic E-state index is 15.0. The number of benzene rings is 3. The fourth-order valence-corrected chi connectivity index (χ4v) is 4.24. The van der Waals surface area contributed by atoms with Gasteiger partial charge in [-0.1, -0.05) is 36.4 Å². The van der Waals surface area contributed by atoms with Crippen LogP contribution in [0.25, 0.3) is 27.5 Å². The van der Waals surface area contributed by atoms with Gasteiger partial charge in [-0.2, -0.15) is 10.2 Å².